The van der Waals surface area contributed by atoms with Crippen molar-refractivity contribution in [3.63, 3.8) is 0 Å². The van der Waals surface area contributed by atoms with Crippen molar-refractivity contribution in [3.05, 3.63) is 72.8 Å². The normalized spacial score (nSPS) is 10.2. The van der Waals surface area contributed by atoms with Crippen molar-refractivity contribution in [2.75, 3.05) is 10.6 Å². The SMILES string of the molecule is C=CC(=O)Nc1ccc(-c2nnc(-c3ccc(NC(=O)C(=C)Cl)cc3)o2)cc1. The van der Waals surface area contributed by atoms with E-state index in [0.717, 1.165) is 0 Å². The maximum absolute atomic E-state index is 11.5. The van der Waals surface area contributed by atoms with Crippen LogP contribution in [0.5, 0.6) is 0 Å². The summed E-state index contributed by atoms with van der Waals surface area (Å²) in [6.07, 6.45) is 1.20. The van der Waals surface area contributed by atoms with Gasteiger partial charge in [0.2, 0.25) is 17.7 Å². The van der Waals surface area contributed by atoms with Crippen molar-refractivity contribution >= 4 is 34.8 Å². The third kappa shape index (κ3) is 4.52. The van der Waals surface area contributed by atoms with Crippen LogP contribution in [0.3, 0.4) is 0 Å². The number of rotatable bonds is 6. The van der Waals surface area contributed by atoms with Gasteiger partial charge in [0.05, 0.1) is 5.03 Å². The molecule has 7 nitrogen and oxygen atoms in total. The van der Waals surface area contributed by atoms with Crippen LogP contribution in [0.15, 0.2) is 77.2 Å². The fourth-order valence-electron chi connectivity index (χ4n) is 2.24. The quantitative estimate of drug-likeness (QED) is 0.610. The van der Waals surface area contributed by atoms with E-state index in [1.54, 1.807) is 48.5 Å². The lowest BCUT2D eigenvalue weighted by atomic mass is 10.2. The van der Waals surface area contributed by atoms with Crippen LogP contribution in [0.1, 0.15) is 0 Å². The highest BCUT2D eigenvalue weighted by molar-refractivity contribution is 6.43. The van der Waals surface area contributed by atoms with E-state index in [4.69, 9.17) is 16.0 Å². The highest BCUT2D eigenvalue weighted by Crippen LogP contribution is 2.26. The van der Waals surface area contributed by atoms with E-state index in [1.165, 1.54) is 6.08 Å². The van der Waals surface area contributed by atoms with Gasteiger partial charge in [-0.3, -0.25) is 9.59 Å². The molecule has 0 saturated heterocycles. The van der Waals surface area contributed by atoms with Crippen molar-refractivity contribution in [2.45, 2.75) is 0 Å². The molecule has 140 valence electrons. The minimum Gasteiger partial charge on any atom is -0.416 e. The number of amides is 2. The van der Waals surface area contributed by atoms with Crippen molar-refractivity contribution in [3.8, 4) is 22.9 Å². The second-order valence-corrected chi connectivity index (χ2v) is 6.08. The molecule has 0 aliphatic rings. The Balaban J connectivity index is 1.73. The van der Waals surface area contributed by atoms with Crippen LogP contribution in [0.25, 0.3) is 22.9 Å². The van der Waals surface area contributed by atoms with Gasteiger partial charge in [-0.15, -0.1) is 10.2 Å². The van der Waals surface area contributed by atoms with E-state index in [9.17, 15) is 9.59 Å². The number of nitrogens with zero attached hydrogens (tertiary/aromatic N) is 2. The molecule has 0 unspecified atom stereocenters. The Bertz CT molecular complexity index is 1040. The van der Waals surface area contributed by atoms with Gasteiger partial charge < -0.3 is 15.1 Å². The molecule has 0 fully saturated rings. The monoisotopic (exact) mass is 394 g/mol. The smallest absolute Gasteiger partial charge is 0.266 e. The summed E-state index contributed by atoms with van der Waals surface area (Å²) in [5.41, 5.74) is 2.59. The highest BCUT2D eigenvalue weighted by Gasteiger charge is 2.11. The fraction of sp³-hybridized carbons (Fsp3) is 0. The molecule has 0 bridgehead atoms. The Morgan fingerprint density at radius 1 is 0.893 bits per heavy atom. The fourth-order valence-corrected chi connectivity index (χ4v) is 2.29. The molecule has 0 aliphatic heterocycles. The summed E-state index contributed by atoms with van der Waals surface area (Å²) in [4.78, 5) is 22.8. The number of aromatic nitrogens is 2. The van der Waals surface area contributed by atoms with E-state index in [1.807, 2.05) is 0 Å². The molecule has 3 aromatic rings. The van der Waals surface area contributed by atoms with E-state index in [2.05, 4.69) is 34.0 Å². The molecule has 1 aromatic heterocycles. The van der Waals surface area contributed by atoms with Crippen molar-refractivity contribution in [1.29, 1.82) is 0 Å². The van der Waals surface area contributed by atoms with Gasteiger partial charge in [-0.1, -0.05) is 24.8 Å². The zero-order valence-electron chi connectivity index (χ0n) is 14.6. The zero-order valence-corrected chi connectivity index (χ0v) is 15.4. The number of nitrogens with one attached hydrogen (secondary N) is 2. The number of carbonyl (C=O) groups is 2. The van der Waals surface area contributed by atoms with Crippen molar-refractivity contribution in [1.82, 2.24) is 10.2 Å². The third-order valence-corrected chi connectivity index (χ3v) is 3.82. The van der Waals surface area contributed by atoms with Crippen molar-refractivity contribution < 1.29 is 14.0 Å². The first-order chi connectivity index (χ1) is 13.5. The summed E-state index contributed by atoms with van der Waals surface area (Å²) in [7, 11) is 0. The lowest BCUT2D eigenvalue weighted by Crippen LogP contribution is -2.10. The van der Waals surface area contributed by atoms with Gasteiger partial charge >= 0.3 is 0 Å². The predicted molar refractivity (Wildman–Crippen MR) is 108 cm³/mol. The molecule has 2 aromatic carbocycles. The van der Waals surface area contributed by atoms with Gasteiger partial charge in [-0.25, -0.2) is 0 Å². The van der Waals surface area contributed by atoms with Gasteiger partial charge in [-0.2, -0.15) is 0 Å². The Labute approximate surface area is 165 Å². The van der Waals surface area contributed by atoms with Gasteiger partial charge in [0, 0.05) is 22.5 Å². The molecule has 3 rings (SSSR count). The molecule has 2 amide bonds. The summed E-state index contributed by atoms with van der Waals surface area (Å²) in [6.45, 7) is 6.77. The number of halogens is 1. The number of anilines is 2. The largest absolute Gasteiger partial charge is 0.416 e. The molecule has 2 N–H and O–H groups in total. The lowest BCUT2D eigenvalue weighted by Gasteiger charge is -2.04. The first-order valence-electron chi connectivity index (χ1n) is 8.10. The first-order valence-corrected chi connectivity index (χ1v) is 8.47. The summed E-state index contributed by atoms with van der Waals surface area (Å²) in [6, 6.07) is 13.8. The summed E-state index contributed by atoms with van der Waals surface area (Å²) in [5, 5.41) is 13.3. The van der Waals surface area contributed by atoms with Crippen molar-refractivity contribution in [2.24, 2.45) is 0 Å². The number of benzene rings is 2. The molecule has 8 heteroatoms. The molecule has 0 atom stereocenters. The van der Waals surface area contributed by atoms with Crippen LogP contribution >= 0.6 is 11.6 Å². The van der Waals surface area contributed by atoms with Gasteiger partial charge in [0.25, 0.3) is 5.91 Å². The minimum absolute atomic E-state index is 0.0966. The molecule has 1 heterocycles. The van der Waals surface area contributed by atoms with Crippen LogP contribution in [0.2, 0.25) is 0 Å². The molecule has 0 spiro atoms. The second-order valence-electron chi connectivity index (χ2n) is 5.62. The minimum atomic E-state index is -0.470. The lowest BCUT2D eigenvalue weighted by molar-refractivity contribution is -0.112. The van der Waals surface area contributed by atoms with E-state index >= 15 is 0 Å². The standard InChI is InChI=1S/C20H15ClN4O3/c1-3-17(26)22-15-8-4-13(5-9-15)19-24-25-20(28-19)14-6-10-16(11-7-14)23-18(27)12(2)21/h3-11H,1-2H2,(H,22,26)(H,23,27). The highest BCUT2D eigenvalue weighted by atomic mass is 35.5. The topological polar surface area (TPSA) is 97.1 Å². The molecule has 28 heavy (non-hydrogen) atoms. The Hall–Kier alpha value is -3.71. The van der Waals surface area contributed by atoms with E-state index in [0.29, 0.717) is 34.3 Å². The summed E-state index contributed by atoms with van der Waals surface area (Å²) in [5.74, 6) is -0.0869. The Kier molecular flexibility index (Phi) is 5.67. The third-order valence-electron chi connectivity index (χ3n) is 3.65. The average Bonchev–Trinajstić information content (AvgIpc) is 3.19. The van der Waals surface area contributed by atoms with Crippen LogP contribution in [0, 0.1) is 0 Å². The zero-order chi connectivity index (χ0) is 20.1. The summed E-state index contributed by atoms with van der Waals surface area (Å²) < 4.78 is 5.71. The molecule has 0 radical (unpaired) electrons. The number of hydrogen-bond acceptors (Lipinski definition) is 5. The Morgan fingerprint density at radius 2 is 1.36 bits per heavy atom. The Morgan fingerprint density at radius 3 is 1.79 bits per heavy atom. The van der Waals surface area contributed by atoms with Gasteiger partial charge in [-0.05, 0) is 54.6 Å². The van der Waals surface area contributed by atoms with Gasteiger partial charge in [0.15, 0.2) is 0 Å². The molecular formula is C20H15ClN4O3. The maximum atomic E-state index is 11.5. The molecule has 0 aliphatic carbocycles. The average molecular weight is 395 g/mol. The number of carbonyl (C=O) groups excluding carboxylic acids is 2. The maximum Gasteiger partial charge on any atom is 0.266 e. The van der Waals surface area contributed by atoms with Crippen LogP contribution in [-0.2, 0) is 9.59 Å². The van der Waals surface area contributed by atoms with Crippen LogP contribution in [0.4, 0.5) is 11.4 Å². The number of hydrogen-bond donors (Lipinski definition) is 2. The van der Waals surface area contributed by atoms with Crippen LogP contribution in [-0.4, -0.2) is 22.0 Å². The summed E-state index contributed by atoms with van der Waals surface area (Å²) >= 11 is 5.54. The molecule has 0 saturated carbocycles. The first kappa shape index (κ1) is 19.1. The van der Waals surface area contributed by atoms with Crippen LogP contribution < -0.4 is 10.6 Å². The molecular weight excluding hydrogens is 380 g/mol. The van der Waals surface area contributed by atoms with Gasteiger partial charge in [0.1, 0.15) is 0 Å². The second kappa shape index (κ2) is 8.32. The van der Waals surface area contributed by atoms with E-state index < -0.39 is 5.91 Å². The van der Waals surface area contributed by atoms with E-state index in [-0.39, 0.29) is 10.9 Å². The predicted octanol–water partition coefficient (Wildman–Crippen LogP) is 4.22.